The first kappa shape index (κ1) is 16.1. The number of rotatable bonds is 4. The van der Waals surface area contributed by atoms with Crippen LogP contribution < -0.4 is 4.90 Å². The summed E-state index contributed by atoms with van der Waals surface area (Å²) >= 11 is 5.81. The molecule has 3 rings (SSSR count). The molecule has 0 unspecified atom stereocenters. The number of non-ortho nitro benzene ring substituents is 1. The number of aryl methyl sites for hydroxylation is 1. The lowest BCUT2D eigenvalue weighted by atomic mass is 9.99. The van der Waals surface area contributed by atoms with Crippen molar-refractivity contribution in [3.63, 3.8) is 0 Å². The Bertz CT molecular complexity index is 833. The Kier molecular flexibility index (Phi) is 4.31. The molecule has 0 atom stereocenters. The molecule has 1 amide bonds. The number of Topliss-reactive ketones (excluding diaryl/α,β-unsaturated/α-hetero) is 1. The van der Waals surface area contributed by atoms with Gasteiger partial charge in [0.25, 0.3) is 5.69 Å². The summed E-state index contributed by atoms with van der Waals surface area (Å²) in [5, 5.41) is 11.4. The molecule has 0 aliphatic carbocycles. The molecule has 0 N–H and O–H groups in total. The van der Waals surface area contributed by atoms with Crippen LogP contribution in [0.25, 0.3) is 0 Å². The van der Waals surface area contributed by atoms with Gasteiger partial charge in [-0.1, -0.05) is 11.6 Å². The first-order chi connectivity index (χ1) is 11.5. The zero-order valence-electron chi connectivity index (χ0n) is 12.6. The van der Waals surface area contributed by atoms with Gasteiger partial charge in [-0.3, -0.25) is 19.7 Å². The van der Waals surface area contributed by atoms with Gasteiger partial charge in [0.05, 0.1) is 11.5 Å². The summed E-state index contributed by atoms with van der Waals surface area (Å²) in [6.45, 7) is -0.106. The second-order valence-corrected chi connectivity index (χ2v) is 5.92. The Morgan fingerprint density at radius 1 is 1.17 bits per heavy atom. The normalized spacial score (nSPS) is 13.5. The minimum absolute atomic E-state index is 0.0212. The van der Waals surface area contributed by atoms with Crippen molar-refractivity contribution in [2.24, 2.45) is 0 Å². The lowest BCUT2D eigenvalue weighted by Gasteiger charge is -2.28. The van der Waals surface area contributed by atoms with Gasteiger partial charge in [0.2, 0.25) is 5.91 Å². The topological polar surface area (TPSA) is 80.5 Å². The molecule has 0 radical (unpaired) electrons. The summed E-state index contributed by atoms with van der Waals surface area (Å²) in [5.41, 5.74) is 1.69. The van der Waals surface area contributed by atoms with E-state index in [1.165, 1.54) is 23.1 Å². The van der Waals surface area contributed by atoms with Crippen LogP contribution in [-0.4, -0.2) is 23.2 Å². The third-order valence-corrected chi connectivity index (χ3v) is 4.19. The monoisotopic (exact) mass is 344 g/mol. The molecule has 2 aromatic rings. The van der Waals surface area contributed by atoms with Crippen molar-refractivity contribution in [1.82, 2.24) is 0 Å². The summed E-state index contributed by atoms with van der Waals surface area (Å²) in [5.74, 6) is -0.384. The van der Waals surface area contributed by atoms with E-state index in [4.69, 9.17) is 11.6 Å². The van der Waals surface area contributed by atoms with Crippen LogP contribution in [0.3, 0.4) is 0 Å². The number of nitrogens with zero attached hydrogens (tertiary/aromatic N) is 2. The average molecular weight is 345 g/mol. The molecule has 0 spiro atoms. The van der Waals surface area contributed by atoms with Gasteiger partial charge in [-0.25, -0.2) is 0 Å². The van der Waals surface area contributed by atoms with Gasteiger partial charge in [0.1, 0.15) is 0 Å². The van der Waals surface area contributed by atoms with E-state index in [1.807, 2.05) is 0 Å². The quantitative estimate of drug-likeness (QED) is 0.483. The molecular formula is C17H13ClN2O4. The number of benzene rings is 2. The number of fused-ring (bicyclic) bond motifs is 1. The minimum atomic E-state index is -0.472. The molecule has 1 aliphatic heterocycles. The van der Waals surface area contributed by atoms with Crippen molar-refractivity contribution in [2.45, 2.75) is 12.8 Å². The smallest absolute Gasteiger partial charge is 0.269 e. The third kappa shape index (κ3) is 3.14. The number of ketones is 1. The van der Waals surface area contributed by atoms with Crippen molar-refractivity contribution in [2.75, 3.05) is 11.4 Å². The molecule has 0 aromatic heterocycles. The number of amides is 1. The van der Waals surface area contributed by atoms with E-state index in [-0.39, 0.29) is 30.3 Å². The largest absolute Gasteiger partial charge is 0.304 e. The second kappa shape index (κ2) is 6.41. The van der Waals surface area contributed by atoms with Crippen LogP contribution in [-0.2, 0) is 11.2 Å². The minimum Gasteiger partial charge on any atom is -0.304 e. The number of hydrogen-bond donors (Lipinski definition) is 0. The van der Waals surface area contributed by atoms with E-state index in [0.717, 1.165) is 0 Å². The van der Waals surface area contributed by atoms with Crippen molar-refractivity contribution >= 4 is 34.7 Å². The number of nitro benzene ring substituents is 1. The van der Waals surface area contributed by atoms with Crippen LogP contribution in [0, 0.1) is 10.1 Å². The molecule has 7 heteroatoms. The molecule has 1 heterocycles. The summed E-state index contributed by atoms with van der Waals surface area (Å²) in [6, 6.07) is 10.8. The maximum atomic E-state index is 12.4. The Labute approximate surface area is 142 Å². The SMILES string of the molecule is O=C(CN1C(=O)CCc2cc([N+](=O)[O-])ccc21)c1ccc(Cl)cc1. The molecule has 0 bridgehead atoms. The molecule has 2 aromatic carbocycles. The second-order valence-electron chi connectivity index (χ2n) is 5.48. The third-order valence-electron chi connectivity index (χ3n) is 3.94. The van der Waals surface area contributed by atoms with Crippen molar-refractivity contribution in [1.29, 1.82) is 0 Å². The number of carbonyl (C=O) groups is 2. The van der Waals surface area contributed by atoms with Gasteiger partial charge in [-0.2, -0.15) is 0 Å². The van der Waals surface area contributed by atoms with E-state index in [1.54, 1.807) is 24.3 Å². The zero-order chi connectivity index (χ0) is 17.3. The van der Waals surface area contributed by atoms with Crippen LogP contribution in [0.1, 0.15) is 22.3 Å². The molecule has 6 nitrogen and oxygen atoms in total. The summed E-state index contributed by atoms with van der Waals surface area (Å²) in [4.78, 5) is 36.4. The van der Waals surface area contributed by atoms with E-state index < -0.39 is 4.92 Å². The predicted octanol–water partition coefficient (Wildman–Crippen LogP) is 3.41. The fourth-order valence-corrected chi connectivity index (χ4v) is 2.83. The van der Waals surface area contributed by atoms with Crippen LogP contribution in [0.2, 0.25) is 5.02 Å². The Morgan fingerprint density at radius 3 is 2.54 bits per heavy atom. The van der Waals surface area contributed by atoms with E-state index in [9.17, 15) is 19.7 Å². The fraction of sp³-hybridized carbons (Fsp3) is 0.176. The lowest BCUT2D eigenvalue weighted by Crippen LogP contribution is -2.39. The molecule has 0 saturated heterocycles. The molecule has 0 fully saturated rings. The fourth-order valence-electron chi connectivity index (χ4n) is 2.70. The molecule has 1 aliphatic rings. The maximum Gasteiger partial charge on any atom is 0.269 e. The number of halogens is 1. The van der Waals surface area contributed by atoms with E-state index >= 15 is 0 Å². The van der Waals surface area contributed by atoms with Gasteiger partial charge in [-0.05, 0) is 42.3 Å². The number of carbonyl (C=O) groups excluding carboxylic acids is 2. The highest BCUT2D eigenvalue weighted by Gasteiger charge is 2.27. The predicted molar refractivity (Wildman–Crippen MR) is 89.6 cm³/mol. The highest BCUT2D eigenvalue weighted by Crippen LogP contribution is 2.31. The summed E-state index contributed by atoms with van der Waals surface area (Å²) in [7, 11) is 0. The summed E-state index contributed by atoms with van der Waals surface area (Å²) in [6.07, 6.45) is 0.656. The summed E-state index contributed by atoms with van der Waals surface area (Å²) < 4.78 is 0. The molecule has 122 valence electrons. The Morgan fingerprint density at radius 2 is 1.88 bits per heavy atom. The van der Waals surface area contributed by atoms with E-state index in [2.05, 4.69) is 0 Å². The lowest BCUT2D eigenvalue weighted by molar-refractivity contribution is -0.384. The van der Waals surface area contributed by atoms with E-state index in [0.29, 0.717) is 28.3 Å². The first-order valence-electron chi connectivity index (χ1n) is 7.32. The first-order valence-corrected chi connectivity index (χ1v) is 7.70. The van der Waals surface area contributed by atoms with Gasteiger partial charge < -0.3 is 4.90 Å². The van der Waals surface area contributed by atoms with Gasteiger partial charge >= 0.3 is 0 Å². The highest BCUT2D eigenvalue weighted by molar-refractivity contribution is 6.30. The van der Waals surface area contributed by atoms with Crippen LogP contribution in [0.5, 0.6) is 0 Å². The molecular weight excluding hydrogens is 332 g/mol. The van der Waals surface area contributed by atoms with Crippen molar-refractivity contribution in [3.05, 3.63) is 68.7 Å². The van der Waals surface area contributed by atoms with Crippen molar-refractivity contribution < 1.29 is 14.5 Å². The van der Waals surface area contributed by atoms with Crippen LogP contribution in [0.4, 0.5) is 11.4 Å². The van der Waals surface area contributed by atoms with Gasteiger partial charge in [0, 0.05) is 34.8 Å². The maximum absolute atomic E-state index is 12.4. The van der Waals surface area contributed by atoms with Crippen molar-refractivity contribution in [3.8, 4) is 0 Å². The van der Waals surface area contributed by atoms with Crippen LogP contribution in [0.15, 0.2) is 42.5 Å². The standard InChI is InChI=1S/C17H13ClN2O4/c18-13-4-1-11(2-5-13)16(21)10-19-15-7-6-14(20(23)24)9-12(15)3-8-17(19)22/h1-2,4-7,9H,3,8,10H2. The number of anilines is 1. The van der Waals surface area contributed by atoms with Crippen LogP contribution >= 0.6 is 11.6 Å². The molecule has 24 heavy (non-hydrogen) atoms. The number of hydrogen-bond acceptors (Lipinski definition) is 4. The Balaban J connectivity index is 1.88. The van der Waals surface area contributed by atoms with Gasteiger partial charge in [-0.15, -0.1) is 0 Å². The molecule has 0 saturated carbocycles. The zero-order valence-corrected chi connectivity index (χ0v) is 13.3. The average Bonchev–Trinajstić information content (AvgIpc) is 2.57. The highest BCUT2D eigenvalue weighted by atomic mass is 35.5. The number of nitro groups is 1. The van der Waals surface area contributed by atoms with Gasteiger partial charge in [0.15, 0.2) is 5.78 Å². The Hall–Kier alpha value is -2.73.